The van der Waals surface area contributed by atoms with Crippen molar-refractivity contribution in [3.8, 4) is 0 Å². The number of hydrogen-bond donors (Lipinski definition) is 2. The van der Waals surface area contributed by atoms with E-state index in [-0.39, 0.29) is 5.91 Å². The van der Waals surface area contributed by atoms with Crippen molar-refractivity contribution in [2.24, 2.45) is 0 Å². The fraction of sp³-hybridized carbons (Fsp3) is 0.400. The van der Waals surface area contributed by atoms with Gasteiger partial charge in [0.05, 0.1) is 17.4 Å². The summed E-state index contributed by atoms with van der Waals surface area (Å²) in [6.45, 7) is 6.28. The number of benzene rings is 1. The molecule has 1 heterocycles. The van der Waals surface area contributed by atoms with Gasteiger partial charge >= 0.3 is 0 Å². The fourth-order valence-electron chi connectivity index (χ4n) is 3.49. The van der Waals surface area contributed by atoms with Crippen LogP contribution in [0.5, 0.6) is 0 Å². The largest absolute Gasteiger partial charge is 0.354 e. The molecule has 1 aromatic heterocycles. The number of nitrogens with one attached hydrogen (secondary N) is 2. The zero-order valence-electron chi connectivity index (χ0n) is 14.6. The minimum atomic E-state index is -0.0320. The molecule has 1 amide bonds. The van der Waals surface area contributed by atoms with Crippen molar-refractivity contribution in [2.45, 2.75) is 52.5 Å². The molecule has 1 fully saturated rings. The van der Waals surface area contributed by atoms with E-state index in [2.05, 4.69) is 48.5 Å². The van der Waals surface area contributed by atoms with Crippen LogP contribution in [0.15, 0.2) is 30.6 Å². The zero-order chi connectivity index (χ0) is 17.1. The third-order valence-corrected chi connectivity index (χ3v) is 4.64. The van der Waals surface area contributed by atoms with E-state index >= 15 is 0 Å². The standard InChI is InChI=1S/C20H25N3O/c1-13-8-14(2)19(15(3)9-13)22-18-10-16(11-21-12-18)20(24)23-17-6-4-5-7-17/h8-12,17,22H,4-7H2,1-3H3,(H,23,24). The molecule has 4 heteroatoms. The predicted molar refractivity (Wildman–Crippen MR) is 97.9 cm³/mol. The quantitative estimate of drug-likeness (QED) is 0.875. The molecule has 1 aliphatic rings. The average molecular weight is 323 g/mol. The Kier molecular flexibility index (Phi) is 4.84. The van der Waals surface area contributed by atoms with E-state index in [0.29, 0.717) is 11.6 Å². The molecule has 126 valence electrons. The van der Waals surface area contributed by atoms with E-state index < -0.39 is 0 Å². The van der Waals surface area contributed by atoms with Gasteiger partial charge in [-0.05, 0) is 50.8 Å². The van der Waals surface area contributed by atoms with Crippen LogP contribution >= 0.6 is 0 Å². The number of nitrogens with zero attached hydrogens (tertiary/aromatic N) is 1. The number of pyridine rings is 1. The van der Waals surface area contributed by atoms with Gasteiger partial charge in [-0.15, -0.1) is 0 Å². The molecule has 0 aliphatic heterocycles. The second kappa shape index (κ2) is 7.04. The lowest BCUT2D eigenvalue weighted by Crippen LogP contribution is -2.32. The lowest BCUT2D eigenvalue weighted by molar-refractivity contribution is 0.0937. The Morgan fingerprint density at radius 2 is 1.71 bits per heavy atom. The van der Waals surface area contributed by atoms with Gasteiger partial charge in [0, 0.05) is 17.9 Å². The lowest BCUT2D eigenvalue weighted by Gasteiger charge is -2.15. The Labute approximate surface area is 143 Å². The zero-order valence-corrected chi connectivity index (χ0v) is 14.6. The molecule has 2 aromatic rings. The molecular weight excluding hydrogens is 298 g/mol. The molecule has 1 saturated carbocycles. The highest BCUT2D eigenvalue weighted by atomic mass is 16.1. The first-order valence-corrected chi connectivity index (χ1v) is 8.64. The molecule has 4 nitrogen and oxygen atoms in total. The SMILES string of the molecule is Cc1cc(C)c(Nc2cncc(C(=O)NC3CCCC3)c2)c(C)c1. The lowest BCUT2D eigenvalue weighted by atomic mass is 10.0. The van der Waals surface area contributed by atoms with Crippen LogP contribution in [0.1, 0.15) is 52.7 Å². The minimum absolute atomic E-state index is 0.0320. The maximum Gasteiger partial charge on any atom is 0.253 e. The maximum atomic E-state index is 12.4. The highest BCUT2D eigenvalue weighted by Gasteiger charge is 2.18. The minimum Gasteiger partial charge on any atom is -0.354 e. The Balaban J connectivity index is 1.77. The molecular formula is C20H25N3O. The predicted octanol–water partition coefficient (Wildman–Crippen LogP) is 4.42. The molecule has 0 unspecified atom stereocenters. The number of aryl methyl sites for hydroxylation is 3. The van der Waals surface area contributed by atoms with E-state index in [4.69, 9.17) is 0 Å². The summed E-state index contributed by atoms with van der Waals surface area (Å²) in [5, 5.41) is 6.52. The van der Waals surface area contributed by atoms with Crippen LogP contribution in [0.4, 0.5) is 11.4 Å². The first-order chi connectivity index (χ1) is 11.5. The summed E-state index contributed by atoms with van der Waals surface area (Å²) in [5.41, 5.74) is 6.15. The van der Waals surface area contributed by atoms with Gasteiger partial charge in [-0.1, -0.05) is 30.5 Å². The summed E-state index contributed by atoms with van der Waals surface area (Å²) in [7, 11) is 0. The fourth-order valence-corrected chi connectivity index (χ4v) is 3.49. The van der Waals surface area contributed by atoms with Crippen molar-refractivity contribution in [1.82, 2.24) is 10.3 Å². The Bertz CT molecular complexity index is 725. The van der Waals surface area contributed by atoms with E-state index in [1.54, 1.807) is 12.4 Å². The van der Waals surface area contributed by atoms with E-state index in [1.165, 1.54) is 29.5 Å². The molecule has 0 bridgehead atoms. The number of carbonyl (C=O) groups is 1. The van der Waals surface area contributed by atoms with E-state index in [9.17, 15) is 4.79 Å². The molecule has 24 heavy (non-hydrogen) atoms. The molecule has 0 saturated heterocycles. The molecule has 1 aromatic carbocycles. The highest BCUT2D eigenvalue weighted by molar-refractivity contribution is 5.95. The van der Waals surface area contributed by atoms with Crippen LogP contribution in [-0.4, -0.2) is 16.9 Å². The average Bonchev–Trinajstić information content (AvgIpc) is 3.04. The monoisotopic (exact) mass is 323 g/mol. The van der Waals surface area contributed by atoms with Crippen molar-refractivity contribution >= 4 is 17.3 Å². The van der Waals surface area contributed by atoms with Crippen LogP contribution in [0.25, 0.3) is 0 Å². The van der Waals surface area contributed by atoms with Gasteiger partial charge in [-0.25, -0.2) is 0 Å². The number of carbonyl (C=O) groups excluding carboxylic acids is 1. The van der Waals surface area contributed by atoms with Crippen LogP contribution in [0, 0.1) is 20.8 Å². The Morgan fingerprint density at radius 1 is 1.04 bits per heavy atom. The number of amides is 1. The number of aromatic nitrogens is 1. The highest BCUT2D eigenvalue weighted by Crippen LogP contribution is 2.26. The third-order valence-electron chi connectivity index (χ3n) is 4.64. The third kappa shape index (κ3) is 3.75. The summed E-state index contributed by atoms with van der Waals surface area (Å²) in [6.07, 6.45) is 7.96. The Hall–Kier alpha value is -2.36. The number of rotatable bonds is 4. The molecule has 2 N–H and O–H groups in total. The molecule has 0 radical (unpaired) electrons. The number of hydrogen-bond acceptors (Lipinski definition) is 3. The van der Waals surface area contributed by atoms with Crippen molar-refractivity contribution in [3.05, 3.63) is 52.8 Å². The van der Waals surface area contributed by atoms with Crippen molar-refractivity contribution in [3.63, 3.8) is 0 Å². The second-order valence-electron chi connectivity index (χ2n) is 6.82. The van der Waals surface area contributed by atoms with Gasteiger partial charge in [-0.2, -0.15) is 0 Å². The van der Waals surface area contributed by atoms with Gasteiger partial charge < -0.3 is 10.6 Å². The van der Waals surface area contributed by atoms with Gasteiger partial charge in [0.2, 0.25) is 0 Å². The van der Waals surface area contributed by atoms with Crippen molar-refractivity contribution in [2.75, 3.05) is 5.32 Å². The van der Waals surface area contributed by atoms with Crippen LogP contribution in [0.3, 0.4) is 0 Å². The molecule has 1 aliphatic carbocycles. The molecule has 3 rings (SSSR count). The molecule has 0 spiro atoms. The summed E-state index contributed by atoms with van der Waals surface area (Å²) >= 11 is 0. The van der Waals surface area contributed by atoms with Gasteiger partial charge in [0.15, 0.2) is 0 Å². The van der Waals surface area contributed by atoms with E-state index in [0.717, 1.165) is 24.2 Å². The summed E-state index contributed by atoms with van der Waals surface area (Å²) < 4.78 is 0. The Morgan fingerprint density at radius 3 is 2.38 bits per heavy atom. The van der Waals surface area contributed by atoms with Gasteiger partial charge in [0.25, 0.3) is 5.91 Å². The first kappa shape index (κ1) is 16.5. The second-order valence-corrected chi connectivity index (χ2v) is 6.82. The van der Waals surface area contributed by atoms with Gasteiger partial charge in [-0.3, -0.25) is 9.78 Å². The smallest absolute Gasteiger partial charge is 0.253 e. The van der Waals surface area contributed by atoms with Crippen LogP contribution < -0.4 is 10.6 Å². The van der Waals surface area contributed by atoms with Crippen LogP contribution in [-0.2, 0) is 0 Å². The van der Waals surface area contributed by atoms with E-state index in [1.807, 2.05) is 6.07 Å². The number of anilines is 2. The topological polar surface area (TPSA) is 54.0 Å². The summed E-state index contributed by atoms with van der Waals surface area (Å²) in [5.74, 6) is -0.0320. The van der Waals surface area contributed by atoms with Gasteiger partial charge in [0.1, 0.15) is 0 Å². The first-order valence-electron chi connectivity index (χ1n) is 8.64. The summed E-state index contributed by atoms with van der Waals surface area (Å²) in [4.78, 5) is 16.6. The van der Waals surface area contributed by atoms with Crippen molar-refractivity contribution in [1.29, 1.82) is 0 Å². The normalized spacial score (nSPS) is 14.6. The maximum absolute atomic E-state index is 12.4. The molecule has 0 atom stereocenters. The van der Waals surface area contributed by atoms with Crippen LogP contribution in [0.2, 0.25) is 0 Å². The summed E-state index contributed by atoms with van der Waals surface area (Å²) in [6, 6.07) is 6.49. The van der Waals surface area contributed by atoms with Crippen molar-refractivity contribution < 1.29 is 4.79 Å².